The second kappa shape index (κ2) is 8.56. The smallest absolute Gasteiger partial charge is 0.321 e. The number of urea groups is 1. The SMILES string of the molecule is O=C(Nc1cccc(Cl)c1)N1CCN(S(=O)(=O)N2CCCCCC2)CC1. The van der Waals surface area contributed by atoms with Gasteiger partial charge in [0.2, 0.25) is 0 Å². The van der Waals surface area contributed by atoms with Crippen LogP contribution < -0.4 is 5.32 Å². The van der Waals surface area contributed by atoms with E-state index in [2.05, 4.69) is 5.32 Å². The summed E-state index contributed by atoms with van der Waals surface area (Å²) in [5, 5.41) is 3.35. The van der Waals surface area contributed by atoms with Gasteiger partial charge in [0.25, 0.3) is 10.2 Å². The molecule has 1 N–H and O–H groups in total. The van der Waals surface area contributed by atoms with Crippen molar-refractivity contribution in [2.24, 2.45) is 0 Å². The third-order valence-corrected chi connectivity index (χ3v) is 7.09. The predicted molar refractivity (Wildman–Crippen MR) is 103 cm³/mol. The Balaban J connectivity index is 1.55. The van der Waals surface area contributed by atoms with Crippen molar-refractivity contribution in [3.8, 4) is 0 Å². The van der Waals surface area contributed by atoms with E-state index < -0.39 is 10.2 Å². The van der Waals surface area contributed by atoms with E-state index >= 15 is 0 Å². The standard InChI is InChI=1S/C17H25ClN4O3S/c18-15-6-5-7-16(14-15)19-17(23)20-10-12-22(13-11-20)26(24,25)21-8-3-1-2-4-9-21/h5-7,14H,1-4,8-13H2,(H,19,23). The lowest BCUT2D eigenvalue weighted by atomic mass is 10.2. The summed E-state index contributed by atoms with van der Waals surface area (Å²) in [6, 6.07) is 6.72. The number of rotatable bonds is 3. The number of halogens is 1. The topological polar surface area (TPSA) is 73.0 Å². The predicted octanol–water partition coefficient (Wildman–Crippen LogP) is 2.61. The number of amides is 2. The number of anilines is 1. The molecule has 0 radical (unpaired) electrons. The summed E-state index contributed by atoms with van der Waals surface area (Å²) in [6.07, 6.45) is 4.01. The molecule has 26 heavy (non-hydrogen) atoms. The molecule has 2 heterocycles. The van der Waals surface area contributed by atoms with Gasteiger partial charge < -0.3 is 10.2 Å². The van der Waals surface area contributed by atoms with Crippen LogP contribution in [0.3, 0.4) is 0 Å². The maximum Gasteiger partial charge on any atom is 0.321 e. The van der Waals surface area contributed by atoms with Gasteiger partial charge in [-0.05, 0) is 31.0 Å². The first-order chi connectivity index (χ1) is 12.5. The fourth-order valence-corrected chi connectivity index (χ4v) is 5.19. The average Bonchev–Trinajstić information content (AvgIpc) is 2.92. The highest BCUT2D eigenvalue weighted by atomic mass is 35.5. The van der Waals surface area contributed by atoms with Gasteiger partial charge in [-0.15, -0.1) is 0 Å². The third-order valence-electron chi connectivity index (χ3n) is 4.82. The molecular weight excluding hydrogens is 376 g/mol. The minimum atomic E-state index is -3.43. The van der Waals surface area contributed by atoms with E-state index in [1.165, 1.54) is 4.31 Å². The second-order valence-corrected chi connectivity index (χ2v) is 9.01. The van der Waals surface area contributed by atoms with E-state index in [1.54, 1.807) is 33.5 Å². The van der Waals surface area contributed by atoms with Crippen molar-refractivity contribution in [2.75, 3.05) is 44.6 Å². The molecule has 2 fully saturated rings. The van der Waals surface area contributed by atoms with Crippen LogP contribution in [-0.2, 0) is 10.2 Å². The molecular formula is C17H25ClN4O3S. The number of hydrogen-bond donors (Lipinski definition) is 1. The summed E-state index contributed by atoms with van der Waals surface area (Å²) >= 11 is 5.93. The van der Waals surface area contributed by atoms with Crippen molar-refractivity contribution >= 4 is 33.5 Å². The van der Waals surface area contributed by atoms with Crippen LogP contribution in [0.25, 0.3) is 0 Å². The monoisotopic (exact) mass is 400 g/mol. The summed E-state index contributed by atoms with van der Waals surface area (Å²) in [7, 11) is -3.43. The molecule has 2 aliphatic rings. The van der Waals surface area contributed by atoms with E-state index in [9.17, 15) is 13.2 Å². The number of nitrogens with zero attached hydrogens (tertiary/aromatic N) is 3. The molecule has 0 aromatic heterocycles. The number of benzene rings is 1. The van der Waals surface area contributed by atoms with E-state index in [0.717, 1.165) is 25.7 Å². The quantitative estimate of drug-likeness (QED) is 0.847. The Hall–Kier alpha value is -1.35. The second-order valence-electron chi connectivity index (χ2n) is 6.65. The number of carbonyl (C=O) groups is 1. The fourth-order valence-electron chi connectivity index (χ4n) is 3.33. The zero-order valence-corrected chi connectivity index (χ0v) is 16.3. The third kappa shape index (κ3) is 4.68. The Bertz CT molecular complexity index is 727. The minimum absolute atomic E-state index is 0.237. The van der Waals surface area contributed by atoms with Crippen molar-refractivity contribution in [1.29, 1.82) is 0 Å². The molecule has 2 amide bonds. The largest absolute Gasteiger partial charge is 0.322 e. The Labute approximate surface area is 160 Å². The van der Waals surface area contributed by atoms with Gasteiger partial charge in [-0.3, -0.25) is 0 Å². The molecule has 9 heteroatoms. The van der Waals surface area contributed by atoms with Crippen LogP contribution in [-0.4, -0.2) is 67.2 Å². The molecule has 1 aromatic carbocycles. The zero-order chi connectivity index (χ0) is 18.6. The molecule has 0 spiro atoms. The highest BCUT2D eigenvalue weighted by Crippen LogP contribution is 2.19. The molecule has 2 saturated heterocycles. The first-order valence-electron chi connectivity index (χ1n) is 9.03. The number of hydrogen-bond acceptors (Lipinski definition) is 3. The zero-order valence-electron chi connectivity index (χ0n) is 14.7. The normalized spacial score (nSPS) is 20.6. The lowest BCUT2D eigenvalue weighted by Gasteiger charge is -2.36. The Kier molecular flexibility index (Phi) is 6.39. The molecule has 1 aromatic rings. The molecule has 0 aliphatic carbocycles. The molecule has 0 unspecified atom stereocenters. The summed E-state index contributed by atoms with van der Waals surface area (Å²) in [6.45, 7) is 2.58. The van der Waals surface area contributed by atoms with Crippen LogP contribution in [0.5, 0.6) is 0 Å². The lowest BCUT2D eigenvalue weighted by Crippen LogP contribution is -2.55. The van der Waals surface area contributed by atoms with Crippen LogP contribution in [0.15, 0.2) is 24.3 Å². The van der Waals surface area contributed by atoms with Gasteiger partial charge in [0, 0.05) is 50.0 Å². The first kappa shape index (κ1) is 19.4. The molecule has 7 nitrogen and oxygen atoms in total. The average molecular weight is 401 g/mol. The van der Waals surface area contributed by atoms with Gasteiger partial charge in [0.15, 0.2) is 0 Å². The first-order valence-corrected chi connectivity index (χ1v) is 10.8. The van der Waals surface area contributed by atoms with E-state index in [4.69, 9.17) is 11.6 Å². The van der Waals surface area contributed by atoms with Gasteiger partial charge in [-0.25, -0.2) is 4.79 Å². The van der Waals surface area contributed by atoms with Crippen LogP contribution in [0.2, 0.25) is 5.02 Å². The van der Waals surface area contributed by atoms with E-state index in [-0.39, 0.29) is 6.03 Å². The Morgan fingerprint density at radius 1 is 0.923 bits per heavy atom. The van der Waals surface area contributed by atoms with Crippen molar-refractivity contribution in [3.63, 3.8) is 0 Å². The molecule has 144 valence electrons. The number of carbonyl (C=O) groups excluding carboxylic acids is 1. The lowest BCUT2D eigenvalue weighted by molar-refractivity contribution is 0.180. The fraction of sp³-hybridized carbons (Fsp3) is 0.588. The van der Waals surface area contributed by atoms with Gasteiger partial charge >= 0.3 is 6.03 Å². The summed E-state index contributed by atoms with van der Waals surface area (Å²) < 4.78 is 28.7. The Morgan fingerprint density at radius 3 is 2.15 bits per heavy atom. The van der Waals surface area contributed by atoms with Gasteiger partial charge in [0.1, 0.15) is 0 Å². The van der Waals surface area contributed by atoms with Gasteiger partial charge in [-0.1, -0.05) is 30.5 Å². The van der Waals surface area contributed by atoms with Gasteiger partial charge in [0.05, 0.1) is 0 Å². The molecule has 3 rings (SSSR count). The van der Waals surface area contributed by atoms with Crippen molar-refractivity contribution in [2.45, 2.75) is 25.7 Å². The summed E-state index contributed by atoms with van der Waals surface area (Å²) in [5.41, 5.74) is 0.627. The van der Waals surface area contributed by atoms with Crippen molar-refractivity contribution < 1.29 is 13.2 Å². The highest BCUT2D eigenvalue weighted by molar-refractivity contribution is 7.86. The van der Waals surface area contributed by atoms with Crippen molar-refractivity contribution in [1.82, 2.24) is 13.5 Å². The molecule has 2 aliphatic heterocycles. The highest BCUT2D eigenvalue weighted by Gasteiger charge is 2.33. The Morgan fingerprint density at radius 2 is 1.54 bits per heavy atom. The van der Waals surface area contributed by atoms with Crippen LogP contribution >= 0.6 is 11.6 Å². The maximum atomic E-state index is 12.8. The number of piperazine rings is 1. The van der Waals surface area contributed by atoms with Crippen LogP contribution in [0.1, 0.15) is 25.7 Å². The molecule has 0 saturated carbocycles. The molecule has 0 atom stereocenters. The minimum Gasteiger partial charge on any atom is -0.322 e. The van der Waals surface area contributed by atoms with E-state index in [1.807, 2.05) is 0 Å². The van der Waals surface area contributed by atoms with E-state index in [0.29, 0.717) is 50.0 Å². The summed E-state index contributed by atoms with van der Waals surface area (Å²) in [5.74, 6) is 0. The maximum absolute atomic E-state index is 12.8. The van der Waals surface area contributed by atoms with Crippen LogP contribution in [0.4, 0.5) is 10.5 Å². The number of nitrogens with one attached hydrogen (secondary N) is 1. The van der Waals surface area contributed by atoms with Crippen LogP contribution in [0, 0.1) is 0 Å². The summed E-state index contributed by atoms with van der Waals surface area (Å²) in [4.78, 5) is 14.0. The van der Waals surface area contributed by atoms with Crippen molar-refractivity contribution in [3.05, 3.63) is 29.3 Å². The van der Waals surface area contributed by atoms with Gasteiger partial charge in [-0.2, -0.15) is 17.0 Å². The molecule has 0 bridgehead atoms.